The Balaban J connectivity index is 2.12. The molecule has 5 heteroatoms. The molecular formula is C14H19N3O2. The van der Waals surface area contributed by atoms with Crippen molar-refractivity contribution in [3.63, 3.8) is 0 Å². The minimum atomic E-state index is -0.426. The van der Waals surface area contributed by atoms with E-state index in [2.05, 4.69) is 10.5 Å². The summed E-state index contributed by atoms with van der Waals surface area (Å²) in [5.74, 6) is -0.00291. The molecule has 0 saturated heterocycles. The Morgan fingerprint density at radius 2 is 2.11 bits per heavy atom. The summed E-state index contributed by atoms with van der Waals surface area (Å²) >= 11 is 0. The van der Waals surface area contributed by atoms with E-state index in [0.717, 1.165) is 18.4 Å². The lowest BCUT2D eigenvalue weighted by atomic mass is 9.94. The van der Waals surface area contributed by atoms with Gasteiger partial charge in [0, 0.05) is 0 Å². The fourth-order valence-electron chi connectivity index (χ4n) is 2.28. The summed E-state index contributed by atoms with van der Waals surface area (Å²) in [5.41, 5.74) is 6.17. The van der Waals surface area contributed by atoms with Crippen molar-refractivity contribution in [3.8, 4) is 0 Å². The number of nitrogens with one attached hydrogen (secondary N) is 1. The fraction of sp³-hybridized carbons (Fsp3) is 0.429. The number of amidine groups is 1. The average Bonchev–Trinajstić information content (AvgIpc) is 3.26. The lowest BCUT2D eigenvalue weighted by molar-refractivity contribution is -0.123. The number of amides is 1. The molecule has 0 spiro atoms. The highest BCUT2D eigenvalue weighted by Crippen LogP contribution is 2.48. The molecule has 1 unspecified atom stereocenters. The summed E-state index contributed by atoms with van der Waals surface area (Å²) in [5, 5.41) is 14.5. The van der Waals surface area contributed by atoms with E-state index in [0.29, 0.717) is 6.42 Å². The van der Waals surface area contributed by atoms with Crippen LogP contribution in [0.25, 0.3) is 0 Å². The van der Waals surface area contributed by atoms with Gasteiger partial charge in [-0.2, -0.15) is 0 Å². The second-order valence-electron chi connectivity index (χ2n) is 4.91. The van der Waals surface area contributed by atoms with Crippen molar-refractivity contribution < 1.29 is 10.0 Å². The lowest BCUT2D eigenvalue weighted by Crippen LogP contribution is -2.47. The Hall–Kier alpha value is -2.04. The zero-order valence-electron chi connectivity index (χ0n) is 11.0. The first-order valence-electron chi connectivity index (χ1n) is 6.48. The van der Waals surface area contributed by atoms with E-state index in [1.807, 2.05) is 37.3 Å². The van der Waals surface area contributed by atoms with Crippen LogP contribution < -0.4 is 11.1 Å². The fourth-order valence-corrected chi connectivity index (χ4v) is 2.28. The van der Waals surface area contributed by atoms with Gasteiger partial charge in [-0.25, -0.2) is 0 Å². The first-order chi connectivity index (χ1) is 9.14. The molecule has 1 atom stereocenters. The smallest absolute Gasteiger partial charge is 0.231 e. The van der Waals surface area contributed by atoms with Crippen molar-refractivity contribution in [2.24, 2.45) is 10.9 Å². The first kappa shape index (κ1) is 13.4. The highest BCUT2D eigenvalue weighted by atomic mass is 16.4. The van der Waals surface area contributed by atoms with Crippen LogP contribution in [-0.4, -0.2) is 23.0 Å². The summed E-state index contributed by atoms with van der Waals surface area (Å²) in [6.45, 7) is 1.88. The van der Waals surface area contributed by atoms with Gasteiger partial charge in [0.25, 0.3) is 0 Å². The number of carbonyl (C=O) groups is 1. The standard InChI is InChI=1S/C14H19N3O2/c1-2-11(12(15)17-19)16-13(18)14(8-9-14)10-6-4-3-5-7-10/h3-7,11,19H,2,8-9H2,1H3,(H2,15,17)(H,16,18). The quantitative estimate of drug-likeness (QED) is 0.323. The number of nitrogens with zero attached hydrogens (tertiary/aromatic N) is 1. The third-order valence-electron chi connectivity index (χ3n) is 3.70. The van der Waals surface area contributed by atoms with Crippen molar-refractivity contribution >= 4 is 11.7 Å². The topological polar surface area (TPSA) is 87.7 Å². The lowest BCUT2D eigenvalue weighted by Gasteiger charge is -2.20. The van der Waals surface area contributed by atoms with Crippen LogP contribution in [0.4, 0.5) is 0 Å². The Kier molecular flexibility index (Phi) is 3.74. The van der Waals surface area contributed by atoms with E-state index >= 15 is 0 Å². The summed E-state index contributed by atoms with van der Waals surface area (Å²) in [4.78, 5) is 12.4. The maximum Gasteiger partial charge on any atom is 0.231 e. The summed E-state index contributed by atoms with van der Waals surface area (Å²) in [6.07, 6.45) is 2.28. The zero-order valence-corrected chi connectivity index (χ0v) is 11.0. The van der Waals surface area contributed by atoms with Crippen LogP contribution in [0, 0.1) is 0 Å². The molecule has 1 aliphatic rings. The SMILES string of the molecule is CCC(NC(=O)C1(c2ccccc2)CC1)C(N)=NO. The van der Waals surface area contributed by atoms with Crippen molar-refractivity contribution in [1.82, 2.24) is 5.32 Å². The zero-order chi connectivity index (χ0) is 13.9. The molecule has 2 rings (SSSR count). The van der Waals surface area contributed by atoms with Crippen molar-refractivity contribution in [3.05, 3.63) is 35.9 Å². The second-order valence-corrected chi connectivity index (χ2v) is 4.91. The summed E-state index contributed by atoms with van der Waals surface area (Å²) in [7, 11) is 0. The molecule has 4 N–H and O–H groups in total. The molecule has 5 nitrogen and oxygen atoms in total. The molecule has 1 aromatic rings. The molecule has 19 heavy (non-hydrogen) atoms. The average molecular weight is 261 g/mol. The molecule has 0 radical (unpaired) electrons. The minimum Gasteiger partial charge on any atom is -0.409 e. The molecule has 0 bridgehead atoms. The second kappa shape index (κ2) is 5.30. The number of nitrogens with two attached hydrogens (primary N) is 1. The molecule has 1 fully saturated rings. The van der Waals surface area contributed by atoms with Gasteiger partial charge in [-0.05, 0) is 24.8 Å². The number of benzene rings is 1. The van der Waals surface area contributed by atoms with Gasteiger partial charge < -0.3 is 16.3 Å². The molecule has 1 aromatic carbocycles. The van der Waals surface area contributed by atoms with E-state index < -0.39 is 11.5 Å². The maximum absolute atomic E-state index is 12.4. The monoisotopic (exact) mass is 261 g/mol. The van der Waals surface area contributed by atoms with Crippen LogP contribution in [-0.2, 0) is 10.2 Å². The van der Waals surface area contributed by atoms with Crippen LogP contribution >= 0.6 is 0 Å². The van der Waals surface area contributed by atoms with E-state index in [9.17, 15) is 4.79 Å². The van der Waals surface area contributed by atoms with Gasteiger partial charge in [0.15, 0.2) is 5.84 Å². The Labute approximate surface area is 112 Å². The van der Waals surface area contributed by atoms with E-state index in [1.165, 1.54) is 0 Å². The number of carbonyl (C=O) groups excluding carboxylic acids is 1. The van der Waals surface area contributed by atoms with E-state index in [4.69, 9.17) is 10.9 Å². The summed E-state index contributed by atoms with van der Waals surface area (Å²) in [6, 6.07) is 9.32. The van der Waals surface area contributed by atoms with Crippen molar-refractivity contribution in [1.29, 1.82) is 0 Å². The van der Waals surface area contributed by atoms with Gasteiger partial charge in [0.1, 0.15) is 0 Å². The first-order valence-corrected chi connectivity index (χ1v) is 6.48. The molecule has 1 aliphatic carbocycles. The van der Waals surface area contributed by atoms with Gasteiger partial charge in [0.2, 0.25) is 5.91 Å². The van der Waals surface area contributed by atoms with Gasteiger partial charge >= 0.3 is 0 Å². The largest absolute Gasteiger partial charge is 0.409 e. The Morgan fingerprint density at radius 1 is 1.47 bits per heavy atom. The molecule has 102 valence electrons. The maximum atomic E-state index is 12.4. The summed E-state index contributed by atoms with van der Waals surface area (Å²) < 4.78 is 0. The molecular weight excluding hydrogens is 242 g/mol. The Bertz CT molecular complexity index is 481. The Morgan fingerprint density at radius 3 is 2.58 bits per heavy atom. The van der Waals surface area contributed by atoms with Crippen LogP contribution in [0.15, 0.2) is 35.5 Å². The molecule has 0 aliphatic heterocycles. The van der Waals surface area contributed by atoms with Gasteiger partial charge in [-0.3, -0.25) is 4.79 Å². The molecule has 0 aromatic heterocycles. The van der Waals surface area contributed by atoms with Gasteiger partial charge in [-0.1, -0.05) is 42.4 Å². The molecule has 1 amide bonds. The normalized spacial score (nSPS) is 18.7. The molecule has 0 heterocycles. The highest BCUT2D eigenvalue weighted by Gasteiger charge is 2.51. The van der Waals surface area contributed by atoms with Crippen LogP contribution in [0.3, 0.4) is 0 Å². The molecule has 1 saturated carbocycles. The highest BCUT2D eigenvalue weighted by molar-refractivity contribution is 5.96. The minimum absolute atomic E-state index is 0.0414. The number of hydrogen-bond donors (Lipinski definition) is 3. The van der Waals surface area contributed by atoms with E-state index in [-0.39, 0.29) is 11.7 Å². The van der Waals surface area contributed by atoms with Crippen LogP contribution in [0.1, 0.15) is 31.7 Å². The van der Waals surface area contributed by atoms with E-state index in [1.54, 1.807) is 0 Å². The third kappa shape index (κ3) is 2.54. The van der Waals surface area contributed by atoms with Crippen LogP contribution in [0.2, 0.25) is 0 Å². The van der Waals surface area contributed by atoms with Crippen molar-refractivity contribution in [2.75, 3.05) is 0 Å². The van der Waals surface area contributed by atoms with Crippen LogP contribution in [0.5, 0.6) is 0 Å². The number of hydrogen-bond acceptors (Lipinski definition) is 3. The van der Waals surface area contributed by atoms with Crippen molar-refractivity contribution in [2.45, 2.75) is 37.6 Å². The van der Waals surface area contributed by atoms with Gasteiger partial charge in [0.05, 0.1) is 11.5 Å². The predicted octanol–water partition coefficient (Wildman–Crippen LogP) is 1.36. The number of rotatable bonds is 5. The van der Waals surface area contributed by atoms with Gasteiger partial charge in [-0.15, -0.1) is 0 Å². The third-order valence-corrected chi connectivity index (χ3v) is 3.70. The predicted molar refractivity (Wildman–Crippen MR) is 73.0 cm³/mol. The number of oxime groups is 1.